The molecule has 5 heteroatoms. The van der Waals surface area contributed by atoms with Gasteiger partial charge in [0, 0.05) is 36.7 Å². The van der Waals surface area contributed by atoms with E-state index in [4.69, 9.17) is 15.2 Å². The van der Waals surface area contributed by atoms with Gasteiger partial charge in [0.25, 0.3) is 0 Å². The van der Waals surface area contributed by atoms with E-state index in [1.54, 1.807) is 0 Å². The van der Waals surface area contributed by atoms with Crippen LogP contribution in [0.4, 0.5) is 0 Å². The molecular weight excluding hydrogens is 372 g/mol. The zero-order valence-electron chi connectivity index (χ0n) is 18.5. The molecule has 2 atom stereocenters. The normalized spacial score (nSPS) is 22.3. The van der Waals surface area contributed by atoms with Crippen molar-refractivity contribution in [1.29, 1.82) is 5.26 Å². The Balaban J connectivity index is 2.18. The molecule has 0 aromatic carbocycles. The summed E-state index contributed by atoms with van der Waals surface area (Å²) in [5.41, 5.74) is 5.61. The number of nitriles is 1. The fourth-order valence-corrected chi connectivity index (χ4v) is 3.76. The molecule has 0 fully saturated rings. The Labute approximate surface area is 178 Å². The number of aliphatic imine (C=N–C) groups is 2. The minimum absolute atomic E-state index is 0.0112. The topological polar surface area (TPSA) is 68.8 Å². The van der Waals surface area contributed by atoms with Crippen LogP contribution < -0.4 is 0 Å². The average molecular weight is 401 g/mol. The molecule has 1 heterocycles. The van der Waals surface area contributed by atoms with Crippen molar-refractivity contribution in [3.8, 4) is 6.07 Å². The van der Waals surface area contributed by atoms with Crippen LogP contribution >= 0.6 is 0 Å². The number of rotatable bonds is 4. The van der Waals surface area contributed by atoms with Gasteiger partial charge in [-0.15, -0.1) is 0 Å². The van der Waals surface area contributed by atoms with E-state index in [0.717, 1.165) is 22.4 Å². The van der Waals surface area contributed by atoms with E-state index in [9.17, 15) is 4.79 Å². The fraction of sp³-hybridized carbons (Fsp3) is 0.360. The van der Waals surface area contributed by atoms with E-state index in [1.807, 2.05) is 70.1 Å². The second-order valence-electron chi connectivity index (χ2n) is 8.07. The maximum absolute atomic E-state index is 13.7. The number of fused-ring (bicyclic) bond motifs is 3. The monoisotopic (exact) mass is 400 g/mol. The van der Waals surface area contributed by atoms with Gasteiger partial charge < -0.3 is 4.90 Å². The van der Waals surface area contributed by atoms with Crippen molar-refractivity contribution >= 4 is 17.5 Å². The molecule has 0 aromatic heterocycles. The summed E-state index contributed by atoms with van der Waals surface area (Å²) in [4.78, 5) is 25.0. The van der Waals surface area contributed by atoms with Gasteiger partial charge in [-0.25, -0.2) is 9.98 Å². The largest absolute Gasteiger partial charge is 0.347 e. The van der Waals surface area contributed by atoms with Gasteiger partial charge in [0.2, 0.25) is 5.96 Å². The number of carbonyl (C=O) groups is 1. The Kier molecular flexibility index (Phi) is 6.17. The number of allylic oxidation sites excluding steroid dienone is 11. The molecule has 5 nitrogen and oxygen atoms in total. The lowest BCUT2D eigenvalue weighted by Gasteiger charge is -2.25. The summed E-state index contributed by atoms with van der Waals surface area (Å²) in [6.07, 6.45) is 12.3. The van der Waals surface area contributed by atoms with Gasteiger partial charge >= 0.3 is 0 Å². The van der Waals surface area contributed by atoms with Crippen molar-refractivity contribution in [3.05, 3.63) is 70.0 Å². The summed E-state index contributed by atoms with van der Waals surface area (Å²) >= 11 is 0. The van der Waals surface area contributed by atoms with Gasteiger partial charge in [-0.1, -0.05) is 55.9 Å². The highest BCUT2D eigenvalue weighted by molar-refractivity contribution is 6.35. The molecule has 0 spiro atoms. The number of hydrogen-bond donors (Lipinski definition) is 0. The Morgan fingerprint density at radius 2 is 2.07 bits per heavy atom. The Morgan fingerprint density at radius 3 is 2.70 bits per heavy atom. The minimum atomic E-state index is -0.148. The van der Waals surface area contributed by atoms with Crippen LogP contribution in [0.2, 0.25) is 0 Å². The van der Waals surface area contributed by atoms with Crippen LogP contribution in [-0.2, 0) is 4.79 Å². The molecular formula is C25H28N4O. The molecule has 3 aliphatic rings. The molecule has 1 aliphatic heterocycles. The zero-order chi connectivity index (χ0) is 22.0. The van der Waals surface area contributed by atoms with Crippen LogP contribution in [0, 0.1) is 23.2 Å². The van der Waals surface area contributed by atoms with Crippen LogP contribution in [0.3, 0.4) is 0 Å². The number of hydrogen-bond acceptors (Lipinski definition) is 5. The molecule has 0 bridgehead atoms. The third-order valence-corrected chi connectivity index (χ3v) is 5.63. The summed E-state index contributed by atoms with van der Waals surface area (Å²) in [5.74, 6) is 0.623. The van der Waals surface area contributed by atoms with Gasteiger partial charge in [-0.2, -0.15) is 5.26 Å². The van der Waals surface area contributed by atoms with Gasteiger partial charge in [0.15, 0.2) is 5.78 Å². The molecule has 0 aromatic rings. The lowest BCUT2D eigenvalue weighted by atomic mass is 9.77. The van der Waals surface area contributed by atoms with E-state index >= 15 is 0 Å². The summed E-state index contributed by atoms with van der Waals surface area (Å²) in [7, 11) is 3.80. The van der Waals surface area contributed by atoms with Gasteiger partial charge in [-0.05, 0) is 25.3 Å². The van der Waals surface area contributed by atoms with Gasteiger partial charge in [0.05, 0.1) is 12.5 Å². The van der Waals surface area contributed by atoms with Gasteiger partial charge in [0.1, 0.15) is 11.4 Å². The highest BCUT2D eigenvalue weighted by atomic mass is 16.1. The lowest BCUT2D eigenvalue weighted by molar-refractivity contribution is -0.112. The molecule has 154 valence electrons. The number of carbonyl (C=O) groups excluding carboxylic acids is 1. The summed E-state index contributed by atoms with van der Waals surface area (Å²) in [6.45, 7) is 8.03. The molecule has 0 amide bonds. The predicted molar refractivity (Wildman–Crippen MR) is 122 cm³/mol. The molecule has 0 saturated heterocycles. The van der Waals surface area contributed by atoms with Crippen LogP contribution in [0.25, 0.3) is 0 Å². The van der Waals surface area contributed by atoms with Crippen molar-refractivity contribution < 1.29 is 4.79 Å². The molecule has 0 radical (unpaired) electrons. The highest BCUT2D eigenvalue weighted by Gasteiger charge is 2.39. The second-order valence-corrected chi connectivity index (χ2v) is 8.07. The first-order valence-corrected chi connectivity index (χ1v) is 10.2. The van der Waals surface area contributed by atoms with Gasteiger partial charge in [-0.3, -0.25) is 4.79 Å². The quantitative estimate of drug-likeness (QED) is 0.643. The van der Waals surface area contributed by atoms with E-state index in [1.165, 1.54) is 0 Å². The van der Waals surface area contributed by atoms with E-state index < -0.39 is 0 Å². The maximum Gasteiger partial charge on any atom is 0.226 e. The molecule has 30 heavy (non-hydrogen) atoms. The summed E-state index contributed by atoms with van der Waals surface area (Å²) < 4.78 is 0. The summed E-state index contributed by atoms with van der Waals surface area (Å²) in [5, 5.41) is 9.05. The molecule has 2 unspecified atom stereocenters. The van der Waals surface area contributed by atoms with Crippen LogP contribution in [0.5, 0.6) is 0 Å². The predicted octanol–water partition coefficient (Wildman–Crippen LogP) is 4.70. The first-order chi connectivity index (χ1) is 14.3. The van der Waals surface area contributed by atoms with Crippen molar-refractivity contribution in [1.82, 2.24) is 4.90 Å². The van der Waals surface area contributed by atoms with Crippen molar-refractivity contribution in [3.63, 3.8) is 0 Å². The zero-order valence-corrected chi connectivity index (χ0v) is 18.5. The molecule has 2 aliphatic carbocycles. The lowest BCUT2D eigenvalue weighted by Crippen LogP contribution is -2.27. The Morgan fingerprint density at radius 1 is 1.33 bits per heavy atom. The standard InChI is InChI=1S/C25H28N4O/c1-7-18(11-12-26)14-16(3)17(4)21-23-22(27-25(28-23)29(5)6)19-10-8-9-15(2)13-20(19)24(21)30/h7-10,13-15,17H,11H2,1-6H3/b16-14-,18-7-. The van der Waals surface area contributed by atoms with Crippen LogP contribution in [0.1, 0.15) is 34.1 Å². The van der Waals surface area contributed by atoms with Crippen molar-refractivity contribution in [2.45, 2.75) is 34.1 Å². The first-order valence-electron chi connectivity index (χ1n) is 10.2. The minimum Gasteiger partial charge on any atom is -0.347 e. The smallest absolute Gasteiger partial charge is 0.226 e. The second kappa shape index (κ2) is 8.62. The van der Waals surface area contributed by atoms with Crippen LogP contribution in [0.15, 0.2) is 80.0 Å². The Bertz CT molecular complexity index is 1060. The Hall–Kier alpha value is -3.26. The third kappa shape index (κ3) is 3.91. The molecule has 0 N–H and O–H groups in total. The first kappa shape index (κ1) is 21.4. The number of guanidine groups is 1. The SMILES string of the molecule is C/C=C(\C=C(\C)C(C)C1=C2N=C(N(C)C)N=C2C2=CC=CC(C)C=C2C1=O)CC#N. The third-order valence-electron chi connectivity index (χ3n) is 5.63. The molecule has 0 saturated carbocycles. The van der Waals surface area contributed by atoms with E-state index in [-0.39, 0.29) is 17.6 Å². The average Bonchev–Trinajstić information content (AvgIpc) is 3.04. The van der Waals surface area contributed by atoms with Crippen LogP contribution in [-0.4, -0.2) is 36.4 Å². The van der Waals surface area contributed by atoms with E-state index in [2.05, 4.69) is 19.1 Å². The fourth-order valence-electron chi connectivity index (χ4n) is 3.76. The van der Waals surface area contributed by atoms with Crippen molar-refractivity contribution in [2.24, 2.45) is 21.8 Å². The highest BCUT2D eigenvalue weighted by Crippen LogP contribution is 2.39. The van der Waals surface area contributed by atoms with E-state index in [0.29, 0.717) is 29.2 Å². The van der Waals surface area contributed by atoms with Crippen molar-refractivity contribution in [2.75, 3.05) is 14.1 Å². The number of nitrogens with zero attached hydrogens (tertiary/aromatic N) is 4. The summed E-state index contributed by atoms with van der Waals surface area (Å²) in [6, 6.07) is 2.19. The molecule has 3 rings (SSSR count). The number of Topliss-reactive ketones (excluding diaryl/α,β-unsaturated/α-hetero) is 1. The maximum atomic E-state index is 13.7. The number of ketones is 1.